The van der Waals surface area contributed by atoms with Gasteiger partial charge in [0.15, 0.2) is 0 Å². The van der Waals surface area contributed by atoms with Crippen LogP contribution in [0.4, 0.5) is 4.79 Å². The van der Waals surface area contributed by atoms with E-state index in [-0.39, 0.29) is 24.4 Å². The Hall–Kier alpha value is -1.75. The Kier molecular flexibility index (Phi) is 6.41. The molecule has 26 heavy (non-hydrogen) atoms. The fraction of sp³-hybridized carbons (Fsp3) is 0.600. The molecule has 3 amide bonds. The van der Waals surface area contributed by atoms with Crippen LogP contribution in [-0.2, 0) is 4.79 Å². The molecule has 0 aromatic heterocycles. The van der Waals surface area contributed by atoms with Crippen LogP contribution in [0.3, 0.4) is 0 Å². The lowest BCUT2D eigenvalue weighted by molar-refractivity contribution is -0.138. The van der Waals surface area contributed by atoms with E-state index in [0.29, 0.717) is 30.7 Å². The fourth-order valence-corrected chi connectivity index (χ4v) is 4.03. The van der Waals surface area contributed by atoms with Crippen LogP contribution >= 0.6 is 11.6 Å². The van der Waals surface area contributed by atoms with Crippen LogP contribution < -0.4 is 5.32 Å². The number of carbonyl (C=O) groups excluding carboxylic acids is 2. The van der Waals surface area contributed by atoms with Crippen molar-refractivity contribution >= 4 is 23.5 Å². The highest BCUT2D eigenvalue weighted by Gasteiger charge is 2.32. The molecular weight excluding hydrogens is 350 g/mol. The van der Waals surface area contributed by atoms with E-state index in [1.807, 2.05) is 29.2 Å². The Bertz CT molecular complexity index is 628. The Balaban J connectivity index is 1.46. The zero-order valence-electron chi connectivity index (χ0n) is 15.4. The maximum Gasteiger partial charge on any atom is 0.317 e. The topological polar surface area (TPSA) is 52.7 Å². The van der Waals surface area contributed by atoms with Gasteiger partial charge in [0.2, 0.25) is 5.91 Å². The van der Waals surface area contributed by atoms with Crippen molar-refractivity contribution in [3.63, 3.8) is 0 Å². The van der Waals surface area contributed by atoms with Crippen molar-refractivity contribution in [2.24, 2.45) is 0 Å². The quantitative estimate of drug-likeness (QED) is 0.871. The summed E-state index contributed by atoms with van der Waals surface area (Å²) in [7, 11) is 0. The lowest BCUT2D eigenvalue weighted by Gasteiger charge is -2.40. The van der Waals surface area contributed by atoms with Crippen molar-refractivity contribution in [2.75, 3.05) is 26.2 Å². The van der Waals surface area contributed by atoms with E-state index in [1.54, 1.807) is 4.90 Å². The summed E-state index contributed by atoms with van der Waals surface area (Å²) in [6, 6.07) is 7.90. The van der Waals surface area contributed by atoms with E-state index in [9.17, 15) is 9.59 Å². The van der Waals surface area contributed by atoms with Crippen LogP contribution in [0.15, 0.2) is 24.3 Å². The van der Waals surface area contributed by atoms with Gasteiger partial charge in [-0.05, 0) is 36.5 Å². The van der Waals surface area contributed by atoms with Gasteiger partial charge in [-0.1, -0.05) is 49.9 Å². The molecule has 142 valence electrons. The second kappa shape index (κ2) is 8.76. The highest BCUT2D eigenvalue weighted by molar-refractivity contribution is 6.30. The van der Waals surface area contributed by atoms with E-state index in [2.05, 4.69) is 12.2 Å². The highest BCUT2D eigenvalue weighted by Crippen LogP contribution is 2.24. The monoisotopic (exact) mass is 377 g/mol. The molecule has 1 aliphatic heterocycles. The minimum atomic E-state index is -0.151. The molecule has 1 saturated heterocycles. The number of nitrogens with one attached hydrogen (secondary N) is 1. The highest BCUT2D eigenvalue weighted by atomic mass is 35.5. The van der Waals surface area contributed by atoms with Gasteiger partial charge in [0.1, 0.15) is 6.54 Å². The number of hydrogen-bond acceptors (Lipinski definition) is 2. The predicted molar refractivity (Wildman–Crippen MR) is 103 cm³/mol. The molecule has 1 atom stereocenters. The molecule has 1 unspecified atom stereocenters. The summed E-state index contributed by atoms with van der Waals surface area (Å²) in [6.45, 7) is 4.07. The van der Waals surface area contributed by atoms with Crippen LogP contribution in [0, 0.1) is 0 Å². The molecule has 1 aliphatic carbocycles. The van der Waals surface area contributed by atoms with Crippen molar-refractivity contribution in [3.05, 3.63) is 34.9 Å². The van der Waals surface area contributed by atoms with E-state index in [0.717, 1.165) is 18.4 Å². The van der Waals surface area contributed by atoms with Gasteiger partial charge in [-0.25, -0.2) is 4.79 Å². The average molecular weight is 378 g/mol. The second-order valence-electron chi connectivity index (χ2n) is 7.44. The molecule has 3 rings (SSSR count). The van der Waals surface area contributed by atoms with Gasteiger partial charge in [0, 0.05) is 30.7 Å². The molecule has 5 nitrogen and oxygen atoms in total. The Morgan fingerprint density at radius 2 is 1.88 bits per heavy atom. The molecule has 0 spiro atoms. The molecule has 1 aromatic carbocycles. The first-order chi connectivity index (χ1) is 12.5. The molecule has 1 N–H and O–H groups in total. The normalized spacial score (nSPS) is 20.2. The lowest BCUT2D eigenvalue weighted by atomic mass is 9.93. The van der Waals surface area contributed by atoms with E-state index >= 15 is 0 Å². The van der Waals surface area contributed by atoms with E-state index in [1.165, 1.54) is 19.3 Å². The maximum absolute atomic E-state index is 12.5. The molecule has 2 fully saturated rings. The van der Waals surface area contributed by atoms with Gasteiger partial charge in [0.25, 0.3) is 0 Å². The minimum absolute atomic E-state index is 0.0871. The van der Waals surface area contributed by atoms with Crippen LogP contribution in [0.2, 0.25) is 5.02 Å². The number of hydrogen-bond donors (Lipinski definition) is 1. The van der Waals surface area contributed by atoms with Crippen molar-refractivity contribution in [1.29, 1.82) is 0 Å². The van der Waals surface area contributed by atoms with Gasteiger partial charge in [-0.3, -0.25) is 4.79 Å². The van der Waals surface area contributed by atoms with Gasteiger partial charge < -0.3 is 15.1 Å². The standard InChI is InChI=1S/C20H28ClN3O2/c1-15(16-7-9-17(21)10-8-16)13-22-20(26)23-11-12-24(19(25)14-23)18-5-3-2-4-6-18/h7-10,15,18H,2-6,11-14H2,1H3,(H,22,26). The first-order valence-electron chi connectivity index (χ1n) is 9.62. The summed E-state index contributed by atoms with van der Waals surface area (Å²) in [5, 5.41) is 3.67. The molecule has 6 heteroatoms. The van der Waals surface area contributed by atoms with Crippen molar-refractivity contribution in [3.8, 4) is 0 Å². The number of halogens is 1. The first kappa shape index (κ1) is 19.0. The summed E-state index contributed by atoms with van der Waals surface area (Å²) in [6.07, 6.45) is 5.91. The third kappa shape index (κ3) is 4.70. The van der Waals surface area contributed by atoms with Gasteiger partial charge in [-0.2, -0.15) is 0 Å². The summed E-state index contributed by atoms with van der Waals surface area (Å²) < 4.78 is 0. The molecular formula is C20H28ClN3O2. The molecule has 1 aromatic rings. The Labute approximate surface area is 160 Å². The largest absolute Gasteiger partial charge is 0.337 e. The van der Waals surface area contributed by atoms with Crippen LogP contribution in [0.25, 0.3) is 0 Å². The smallest absolute Gasteiger partial charge is 0.317 e. The molecule has 0 radical (unpaired) electrons. The number of amides is 3. The average Bonchev–Trinajstić information content (AvgIpc) is 2.67. The number of carbonyl (C=O) groups is 2. The minimum Gasteiger partial charge on any atom is -0.337 e. The maximum atomic E-state index is 12.5. The van der Waals surface area contributed by atoms with Crippen molar-refractivity contribution in [1.82, 2.24) is 15.1 Å². The zero-order chi connectivity index (χ0) is 18.5. The Morgan fingerprint density at radius 1 is 1.19 bits per heavy atom. The third-order valence-electron chi connectivity index (χ3n) is 5.56. The SMILES string of the molecule is CC(CNC(=O)N1CCN(C2CCCCC2)C(=O)C1)c1ccc(Cl)cc1. The van der Waals surface area contributed by atoms with E-state index in [4.69, 9.17) is 11.6 Å². The summed E-state index contributed by atoms with van der Waals surface area (Å²) in [5.41, 5.74) is 1.13. The van der Waals surface area contributed by atoms with Gasteiger partial charge in [-0.15, -0.1) is 0 Å². The Morgan fingerprint density at radius 3 is 2.54 bits per heavy atom. The van der Waals surface area contributed by atoms with Gasteiger partial charge >= 0.3 is 6.03 Å². The van der Waals surface area contributed by atoms with Crippen LogP contribution in [-0.4, -0.2) is 54.0 Å². The number of benzene rings is 1. The zero-order valence-corrected chi connectivity index (χ0v) is 16.2. The van der Waals surface area contributed by atoms with Crippen molar-refractivity contribution in [2.45, 2.75) is 51.0 Å². The number of urea groups is 1. The second-order valence-corrected chi connectivity index (χ2v) is 7.88. The number of rotatable bonds is 4. The van der Waals surface area contributed by atoms with Crippen molar-refractivity contribution < 1.29 is 9.59 Å². The van der Waals surface area contributed by atoms with Crippen LogP contribution in [0.5, 0.6) is 0 Å². The third-order valence-corrected chi connectivity index (χ3v) is 5.81. The fourth-order valence-electron chi connectivity index (χ4n) is 3.90. The number of piperazine rings is 1. The first-order valence-corrected chi connectivity index (χ1v) is 10.00. The molecule has 0 bridgehead atoms. The summed E-state index contributed by atoms with van der Waals surface area (Å²) >= 11 is 5.91. The molecule has 2 aliphatic rings. The summed E-state index contributed by atoms with van der Waals surface area (Å²) in [5.74, 6) is 0.277. The van der Waals surface area contributed by atoms with Gasteiger partial charge in [0.05, 0.1) is 0 Å². The van der Waals surface area contributed by atoms with Crippen LogP contribution in [0.1, 0.15) is 50.5 Å². The predicted octanol–water partition coefficient (Wildman–Crippen LogP) is 3.63. The lowest BCUT2D eigenvalue weighted by Crippen LogP contribution is -2.57. The van der Waals surface area contributed by atoms with E-state index < -0.39 is 0 Å². The summed E-state index contributed by atoms with van der Waals surface area (Å²) in [4.78, 5) is 28.6. The number of nitrogens with zero attached hydrogens (tertiary/aromatic N) is 2. The molecule has 1 heterocycles. The molecule has 1 saturated carbocycles.